The molecule has 1 atom stereocenters. The normalized spacial score (nSPS) is 20.4. The average Bonchev–Trinajstić information content (AvgIpc) is 2.94. The molecule has 1 aliphatic heterocycles. The maximum atomic E-state index is 13.4. The van der Waals surface area contributed by atoms with Gasteiger partial charge in [-0.1, -0.05) is 13.3 Å². The number of hydrogen-bond acceptors (Lipinski definition) is 3. The number of rotatable bonds is 7. The summed E-state index contributed by atoms with van der Waals surface area (Å²) in [5.41, 5.74) is 0.950. The van der Waals surface area contributed by atoms with Crippen LogP contribution in [0.2, 0.25) is 0 Å². The third kappa shape index (κ3) is 4.05. The molecule has 2 rings (SSSR count). The minimum atomic E-state index is -0.346. The van der Waals surface area contributed by atoms with Gasteiger partial charge in [0.1, 0.15) is 5.82 Å². The standard InChI is InChI=1S/C18H27FN2O3/c1-4-8-18(13-24-3)9-5-10-21(18)17(22)20-16-7-6-15(19)11-14(16)12-23-2/h6-7,11H,4-5,8-10,12-13H2,1-3H3,(H,20,22)/t18-/m1/s1. The van der Waals surface area contributed by atoms with E-state index in [1.165, 1.54) is 12.1 Å². The third-order valence-electron chi connectivity index (χ3n) is 4.58. The van der Waals surface area contributed by atoms with Gasteiger partial charge in [0, 0.05) is 32.0 Å². The third-order valence-corrected chi connectivity index (χ3v) is 4.58. The van der Waals surface area contributed by atoms with E-state index in [9.17, 15) is 9.18 Å². The minimum Gasteiger partial charge on any atom is -0.382 e. The second kappa shape index (κ2) is 8.44. The van der Waals surface area contributed by atoms with E-state index in [0.717, 1.165) is 25.7 Å². The lowest BCUT2D eigenvalue weighted by Crippen LogP contribution is -2.52. The molecule has 24 heavy (non-hydrogen) atoms. The van der Waals surface area contributed by atoms with E-state index < -0.39 is 0 Å². The number of benzene rings is 1. The Hall–Kier alpha value is -1.66. The highest BCUT2D eigenvalue weighted by molar-refractivity contribution is 5.91. The maximum absolute atomic E-state index is 13.4. The molecule has 1 saturated heterocycles. The number of hydrogen-bond donors (Lipinski definition) is 1. The van der Waals surface area contributed by atoms with Crippen molar-refractivity contribution in [2.45, 2.75) is 44.8 Å². The van der Waals surface area contributed by atoms with Gasteiger partial charge >= 0.3 is 6.03 Å². The van der Waals surface area contributed by atoms with Crippen LogP contribution in [0, 0.1) is 5.82 Å². The summed E-state index contributed by atoms with van der Waals surface area (Å²) in [6.45, 7) is 3.59. The van der Waals surface area contributed by atoms with E-state index in [-0.39, 0.29) is 24.0 Å². The highest BCUT2D eigenvalue weighted by Gasteiger charge is 2.43. The number of anilines is 1. The van der Waals surface area contributed by atoms with Crippen molar-refractivity contribution in [2.24, 2.45) is 0 Å². The van der Waals surface area contributed by atoms with Crippen LogP contribution in [0.15, 0.2) is 18.2 Å². The molecule has 0 unspecified atom stereocenters. The predicted molar refractivity (Wildman–Crippen MR) is 91.6 cm³/mol. The van der Waals surface area contributed by atoms with Crippen LogP contribution in [0.1, 0.15) is 38.2 Å². The molecule has 1 aromatic carbocycles. The van der Waals surface area contributed by atoms with Gasteiger partial charge in [0.15, 0.2) is 0 Å². The summed E-state index contributed by atoms with van der Waals surface area (Å²) in [5, 5.41) is 2.92. The van der Waals surface area contributed by atoms with E-state index in [1.807, 2.05) is 4.90 Å². The van der Waals surface area contributed by atoms with Gasteiger partial charge in [-0.05, 0) is 37.5 Å². The van der Waals surface area contributed by atoms with Crippen molar-refractivity contribution in [1.29, 1.82) is 0 Å². The average molecular weight is 338 g/mol. The van der Waals surface area contributed by atoms with Crippen LogP contribution in [-0.4, -0.2) is 43.8 Å². The molecule has 0 aliphatic carbocycles. The first-order valence-electron chi connectivity index (χ1n) is 8.41. The Morgan fingerprint density at radius 1 is 1.38 bits per heavy atom. The van der Waals surface area contributed by atoms with Gasteiger partial charge in [-0.15, -0.1) is 0 Å². The molecular weight excluding hydrogens is 311 g/mol. The fourth-order valence-electron chi connectivity index (χ4n) is 3.61. The molecule has 0 saturated carbocycles. The lowest BCUT2D eigenvalue weighted by Gasteiger charge is -2.38. The Morgan fingerprint density at radius 2 is 2.17 bits per heavy atom. The quantitative estimate of drug-likeness (QED) is 0.823. The number of ether oxygens (including phenoxy) is 2. The molecule has 1 aliphatic rings. The number of carbonyl (C=O) groups excluding carboxylic acids is 1. The number of urea groups is 1. The second-order valence-electron chi connectivity index (χ2n) is 6.33. The Morgan fingerprint density at radius 3 is 2.83 bits per heavy atom. The van der Waals surface area contributed by atoms with Crippen LogP contribution in [0.4, 0.5) is 14.9 Å². The number of amides is 2. The molecule has 6 heteroatoms. The van der Waals surface area contributed by atoms with E-state index >= 15 is 0 Å². The Labute approximate surface area is 143 Å². The smallest absolute Gasteiger partial charge is 0.322 e. The van der Waals surface area contributed by atoms with Gasteiger partial charge in [0.05, 0.1) is 18.8 Å². The summed E-state index contributed by atoms with van der Waals surface area (Å²) < 4.78 is 23.9. The van der Waals surface area contributed by atoms with Gasteiger partial charge < -0.3 is 19.7 Å². The van der Waals surface area contributed by atoms with Crippen molar-refractivity contribution >= 4 is 11.7 Å². The molecule has 2 amide bonds. The van der Waals surface area contributed by atoms with Crippen LogP contribution in [0.3, 0.4) is 0 Å². The van der Waals surface area contributed by atoms with Crippen LogP contribution in [0.5, 0.6) is 0 Å². The molecule has 0 spiro atoms. The summed E-state index contributed by atoms with van der Waals surface area (Å²) in [7, 11) is 3.21. The number of methoxy groups -OCH3 is 2. The minimum absolute atomic E-state index is 0.165. The SMILES string of the molecule is CCC[C@]1(COC)CCCN1C(=O)Nc1ccc(F)cc1COC. The van der Waals surface area contributed by atoms with Crippen molar-refractivity contribution in [1.82, 2.24) is 4.90 Å². The fourth-order valence-corrected chi connectivity index (χ4v) is 3.61. The second-order valence-corrected chi connectivity index (χ2v) is 6.33. The lowest BCUT2D eigenvalue weighted by atomic mass is 9.91. The maximum Gasteiger partial charge on any atom is 0.322 e. The molecule has 1 N–H and O–H groups in total. The van der Waals surface area contributed by atoms with E-state index in [1.54, 1.807) is 20.3 Å². The monoisotopic (exact) mass is 338 g/mol. The van der Waals surface area contributed by atoms with Crippen LogP contribution in [-0.2, 0) is 16.1 Å². The molecule has 0 aromatic heterocycles. The number of nitrogens with one attached hydrogen (secondary N) is 1. The van der Waals surface area contributed by atoms with Crippen molar-refractivity contribution in [3.8, 4) is 0 Å². The fraction of sp³-hybridized carbons (Fsp3) is 0.611. The van der Waals surface area contributed by atoms with Crippen molar-refractivity contribution in [3.05, 3.63) is 29.6 Å². The zero-order chi connectivity index (χ0) is 17.6. The summed E-state index contributed by atoms with van der Waals surface area (Å²) in [5.74, 6) is -0.346. The Bertz CT molecular complexity index is 559. The molecule has 5 nitrogen and oxygen atoms in total. The number of likely N-dealkylation sites (tertiary alicyclic amines) is 1. The van der Waals surface area contributed by atoms with E-state index in [4.69, 9.17) is 9.47 Å². The molecule has 1 fully saturated rings. The van der Waals surface area contributed by atoms with Gasteiger partial charge in [0.25, 0.3) is 0 Å². The van der Waals surface area contributed by atoms with Gasteiger partial charge in [-0.25, -0.2) is 9.18 Å². The largest absolute Gasteiger partial charge is 0.382 e. The first-order valence-corrected chi connectivity index (χ1v) is 8.41. The topological polar surface area (TPSA) is 50.8 Å². The molecule has 0 bridgehead atoms. The number of nitrogens with zero attached hydrogens (tertiary/aromatic N) is 1. The number of carbonyl (C=O) groups is 1. The zero-order valence-electron chi connectivity index (χ0n) is 14.7. The summed E-state index contributed by atoms with van der Waals surface area (Å²) in [4.78, 5) is 14.7. The highest BCUT2D eigenvalue weighted by atomic mass is 19.1. The predicted octanol–water partition coefficient (Wildman–Crippen LogP) is 3.79. The first kappa shape index (κ1) is 18.7. The molecule has 1 heterocycles. The molecule has 134 valence electrons. The molecule has 0 radical (unpaired) electrons. The number of halogens is 1. The van der Waals surface area contributed by atoms with Gasteiger partial charge in [-0.3, -0.25) is 0 Å². The molecular formula is C18H27FN2O3. The summed E-state index contributed by atoms with van der Waals surface area (Å²) in [6, 6.07) is 4.14. The van der Waals surface area contributed by atoms with Crippen LogP contribution in [0.25, 0.3) is 0 Å². The van der Waals surface area contributed by atoms with Crippen LogP contribution >= 0.6 is 0 Å². The Balaban J connectivity index is 2.19. The van der Waals surface area contributed by atoms with Crippen molar-refractivity contribution in [3.63, 3.8) is 0 Å². The summed E-state index contributed by atoms with van der Waals surface area (Å²) in [6.07, 6.45) is 3.79. The van der Waals surface area contributed by atoms with Gasteiger partial charge in [0.2, 0.25) is 0 Å². The Kier molecular flexibility index (Phi) is 6.57. The lowest BCUT2D eigenvalue weighted by molar-refractivity contribution is 0.0540. The first-order chi connectivity index (χ1) is 11.6. The molecule has 1 aromatic rings. The van der Waals surface area contributed by atoms with E-state index in [0.29, 0.717) is 24.4 Å². The van der Waals surface area contributed by atoms with Crippen molar-refractivity contribution in [2.75, 3.05) is 32.7 Å². The summed E-state index contributed by atoms with van der Waals surface area (Å²) >= 11 is 0. The van der Waals surface area contributed by atoms with Crippen molar-refractivity contribution < 1.29 is 18.7 Å². The van der Waals surface area contributed by atoms with Gasteiger partial charge in [-0.2, -0.15) is 0 Å². The van der Waals surface area contributed by atoms with E-state index in [2.05, 4.69) is 12.2 Å². The zero-order valence-corrected chi connectivity index (χ0v) is 14.7. The van der Waals surface area contributed by atoms with Crippen LogP contribution < -0.4 is 5.32 Å². The highest BCUT2D eigenvalue weighted by Crippen LogP contribution is 2.34.